The molecule has 0 aliphatic heterocycles. The van der Waals surface area contributed by atoms with Gasteiger partial charge in [0, 0.05) is 11.9 Å². The molecule has 1 aromatic carbocycles. The number of aryl methyl sites for hydroxylation is 1. The van der Waals surface area contributed by atoms with Crippen molar-refractivity contribution in [1.29, 1.82) is 0 Å². The van der Waals surface area contributed by atoms with Crippen LogP contribution in [0, 0.1) is 6.92 Å². The Morgan fingerprint density at radius 2 is 2.20 bits per heavy atom. The van der Waals surface area contributed by atoms with Crippen LogP contribution in [0.5, 0.6) is 0 Å². The second-order valence-corrected chi connectivity index (χ2v) is 6.01. The maximum absolute atomic E-state index is 12.1. The zero-order valence-electron chi connectivity index (χ0n) is 11.9. The van der Waals surface area contributed by atoms with Crippen LogP contribution >= 0.6 is 15.9 Å². The summed E-state index contributed by atoms with van der Waals surface area (Å²) in [7, 11) is 0. The number of carbonyl (C=O) groups is 1. The number of rotatable bonds is 4. The number of amides is 1. The molecule has 4 nitrogen and oxygen atoms in total. The number of carbonyl (C=O) groups excluding carboxylic acids is 1. The molecule has 1 N–H and O–H groups in total. The van der Waals surface area contributed by atoms with Gasteiger partial charge in [0.05, 0.1) is 10.7 Å². The molecule has 5 heteroatoms. The first-order valence-corrected chi connectivity index (χ1v) is 7.34. The lowest BCUT2D eigenvalue weighted by atomic mass is 9.98. The van der Waals surface area contributed by atoms with Gasteiger partial charge in [-0.25, -0.2) is 0 Å². The van der Waals surface area contributed by atoms with Crippen molar-refractivity contribution in [2.45, 2.75) is 33.2 Å². The van der Waals surface area contributed by atoms with Gasteiger partial charge >= 0.3 is 0 Å². The first-order chi connectivity index (χ1) is 9.47. The van der Waals surface area contributed by atoms with E-state index in [1.807, 2.05) is 19.1 Å². The molecule has 0 atom stereocenters. The third-order valence-corrected chi connectivity index (χ3v) is 3.51. The number of anilines is 1. The monoisotopic (exact) mass is 335 g/mol. The number of aromatic nitrogens is 2. The first kappa shape index (κ1) is 14.8. The predicted molar refractivity (Wildman–Crippen MR) is 83.8 cm³/mol. The maximum atomic E-state index is 12.1. The van der Waals surface area contributed by atoms with Crippen LogP contribution < -0.4 is 5.32 Å². The number of halogens is 1. The van der Waals surface area contributed by atoms with Crippen molar-refractivity contribution in [2.75, 3.05) is 5.32 Å². The Labute approximate surface area is 127 Å². The predicted octanol–water partition coefficient (Wildman–Crippen LogP) is 3.72. The SMILES string of the molecule is Cc1cccc(C(C)C)c1NC(=O)Cn1cc(Br)cn1. The smallest absolute Gasteiger partial charge is 0.246 e. The second-order valence-electron chi connectivity index (χ2n) is 5.10. The van der Waals surface area contributed by atoms with E-state index in [1.165, 1.54) is 0 Å². The molecule has 0 spiro atoms. The molecule has 0 saturated carbocycles. The summed E-state index contributed by atoms with van der Waals surface area (Å²) in [4.78, 5) is 12.1. The van der Waals surface area contributed by atoms with Gasteiger partial charge in [0.1, 0.15) is 6.54 Å². The van der Waals surface area contributed by atoms with Crippen molar-refractivity contribution in [3.8, 4) is 0 Å². The summed E-state index contributed by atoms with van der Waals surface area (Å²) in [5.74, 6) is 0.292. The van der Waals surface area contributed by atoms with E-state index < -0.39 is 0 Å². The fourth-order valence-electron chi connectivity index (χ4n) is 2.09. The topological polar surface area (TPSA) is 46.9 Å². The van der Waals surface area contributed by atoms with E-state index in [0.717, 1.165) is 21.3 Å². The normalized spacial score (nSPS) is 10.8. The van der Waals surface area contributed by atoms with E-state index in [9.17, 15) is 4.79 Å². The maximum Gasteiger partial charge on any atom is 0.246 e. The number of hydrogen-bond donors (Lipinski definition) is 1. The Kier molecular flexibility index (Phi) is 4.60. The van der Waals surface area contributed by atoms with Crippen molar-refractivity contribution in [3.63, 3.8) is 0 Å². The Morgan fingerprint density at radius 1 is 1.45 bits per heavy atom. The molecule has 1 amide bonds. The van der Waals surface area contributed by atoms with E-state index in [0.29, 0.717) is 5.92 Å². The van der Waals surface area contributed by atoms with E-state index in [1.54, 1.807) is 17.1 Å². The molecule has 0 bridgehead atoms. The fourth-order valence-corrected chi connectivity index (χ4v) is 2.42. The number of nitrogens with one attached hydrogen (secondary N) is 1. The van der Waals surface area contributed by atoms with Gasteiger partial charge in [-0.2, -0.15) is 5.10 Å². The highest BCUT2D eigenvalue weighted by Gasteiger charge is 2.12. The minimum Gasteiger partial charge on any atom is -0.324 e. The molecule has 2 aromatic rings. The average molecular weight is 336 g/mol. The third-order valence-electron chi connectivity index (χ3n) is 3.10. The molecule has 0 unspecified atom stereocenters. The second kappa shape index (κ2) is 6.22. The minimum absolute atomic E-state index is 0.0724. The van der Waals surface area contributed by atoms with E-state index in [2.05, 4.69) is 46.3 Å². The van der Waals surface area contributed by atoms with Crippen LogP contribution in [0.25, 0.3) is 0 Å². The lowest BCUT2D eigenvalue weighted by Gasteiger charge is -2.16. The summed E-state index contributed by atoms with van der Waals surface area (Å²) in [6.45, 7) is 6.45. The van der Waals surface area contributed by atoms with Gasteiger partial charge in [-0.15, -0.1) is 0 Å². The van der Waals surface area contributed by atoms with Gasteiger partial charge in [0.2, 0.25) is 5.91 Å². The number of hydrogen-bond acceptors (Lipinski definition) is 2. The minimum atomic E-state index is -0.0724. The van der Waals surface area contributed by atoms with Gasteiger partial charge in [0.15, 0.2) is 0 Å². The number of para-hydroxylation sites is 1. The molecule has 2 rings (SSSR count). The summed E-state index contributed by atoms with van der Waals surface area (Å²) in [5.41, 5.74) is 3.14. The van der Waals surface area contributed by atoms with Gasteiger partial charge in [0.25, 0.3) is 0 Å². The Hall–Kier alpha value is -1.62. The zero-order chi connectivity index (χ0) is 14.7. The Bertz CT molecular complexity index is 619. The molecule has 1 aromatic heterocycles. The highest BCUT2D eigenvalue weighted by molar-refractivity contribution is 9.10. The van der Waals surface area contributed by atoms with Crippen molar-refractivity contribution in [3.05, 3.63) is 46.2 Å². The lowest BCUT2D eigenvalue weighted by molar-refractivity contribution is -0.116. The Balaban J connectivity index is 2.15. The van der Waals surface area contributed by atoms with Crippen molar-refractivity contribution in [1.82, 2.24) is 9.78 Å². The molecule has 0 saturated heterocycles. The standard InChI is InChI=1S/C15H18BrN3O/c1-10(2)13-6-4-5-11(3)15(13)18-14(20)9-19-8-12(16)7-17-19/h4-8,10H,9H2,1-3H3,(H,18,20). The van der Waals surface area contributed by atoms with E-state index in [-0.39, 0.29) is 12.5 Å². The summed E-state index contributed by atoms with van der Waals surface area (Å²) >= 11 is 3.32. The molecular weight excluding hydrogens is 318 g/mol. The first-order valence-electron chi connectivity index (χ1n) is 6.54. The van der Waals surface area contributed by atoms with Gasteiger partial charge in [-0.3, -0.25) is 9.48 Å². The van der Waals surface area contributed by atoms with Crippen molar-refractivity contribution in [2.24, 2.45) is 0 Å². The molecule has 106 valence electrons. The van der Waals surface area contributed by atoms with Crippen LogP contribution in [0.4, 0.5) is 5.69 Å². The van der Waals surface area contributed by atoms with Crippen LogP contribution in [0.1, 0.15) is 30.9 Å². The van der Waals surface area contributed by atoms with Crippen molar-refractivity contribution >= 4 is 27.5 Å². The average Bonchev–Trinajstić information content (AvgIpc) is 2.77. The van der Waals surface area contributed by atoms with Crippen LogP contribution in [-0.2, 0) is 11.3 Å². The molecule has 0 radical (unpaired) electrons. The highest BCUT2D eigenvalue weighted by Crippen LogP contribution is 2.27. The fraction of sp³-hybridized carbons (Fsp3) is 0.333. The highest BCUT2D eigenvalue weighted by atomic mass is 79.9. The number of benzene rings is 1. The van der Waals surface area contributed by atoms with Crippen LogP contribution in [0.15, 0.2) is 35.1 Å². The summed E-state index contributed by atoms with van der Waals surface area (Å²) in [5, 5.41) is 7.09. The summed E-state index contributed by atoms with van der Waals surface area (Å²) in [6, 6.07) is 6.08. The lowest BCUT2D eigenvalue weighted by Crippen LogP contribution is -2.20. The molecule has 20 heavy (non-hydrogen) atoms. The molecule has 0 aliphatic carbocycles. The Morgan fingerprint density at radius 3 is 2.80 bits per heavy atom. The molecule has 0 aliphatic rings. The van der Waals surface area contributed by atoms with Crippen LogP contribution in [0.3, 0.4) is 0 Å². The van der Waals surface area contributed by atoms with Gasteiger partial charge in [-0.05, 0) is 39.9 Å². The number of nitrogens with zero attached hydrogens (tertiary/aromatic N) is 2. The molecule has 0 fully saturated rings. The van der Waals surface area contributed by atoms with Crippen molar-refractivity contribution < 1.29 is 4.79 Å². The van der Waals surface area contributed by atoms with Crippen LogP contribution in [0.2, 0.25) is 0 Å². The van der Waals surface area contributed by atoms with E-state index in [4.69, 9.17) is 0 Å². The van der Waals surface area contributed by atoms with Crippen LogP contribution in [-0.4, -0.2) is 15.7 Å². The third kappa shape index (κ3) is 3.48. The summed E-state index contributed by atoms with van der Waals surface area (Å²) < 4.78 is 2.47. The van der Waals surface area contributed by atoms with Gasteiger partial charge in [-0.1, -0.05) is 32.0 Å². The summed E-state index contributed by atoms with van der Waals surface area (Å²) in [6.07, 6.45) is 3.45. The largest absolute Gasteiger partial charge is 0.324 e. The van der Waals surface area contributed by atoms with E-state index >= 15 is 0 Å². The quantitative estimate of drug-likeness (QED) is 0.925. The van der Waals surface area contributed by atoms with Gasteiger partial charge < -0.3 is 5.32 Å². The molecular formula is C15H18BrN3O. The molecule has 1 heterocycles. The zero-order valence-corrected chi connectivity index (χ0v) is 13.4.